The van der Waals surface area contributed by atoms with Crippen LogP contribution < -0.4 is 4.74 Å². The molecule has 1 aromatic rings. The molecule has 1 amide bonds. The van der Waals surface area contributed by atoms with Gasteiger partial charge in [-0.1, -0.05) is 0 Å². The molecule has 2 heterocycles. The summed E-state index contributed by atoms with van der Waals surface area (Å²) < 4.78 is 37.9. The summed E-state index contributed by atoms with van der Waals surface area (Å²) in [6.07, 6.45) is 0.319. The number of aliphatic hydroxyl groups excluding tert-OH is 1. The SMILES string of the molecule is COc1ccc(C(=O)N2CCOCC2)cc1S(=O)(=O)N1CCC(O)CC1. The normalized spacial score (nSPS) is 20.2. The monoisotopic (exact) mass is 384 g/mol. The predicted octanol–water partition coefficient (Wildman–Crippen LogP) is 0.313. The fourth-order valence-corrected chi connectivity index (χ4v) is 4.83. The van der Waals surface area contributed by atoms with Crippen molar-refractivity contribution in [3.05, 3.63) is 23.8 Å². The van der Waals surface area contributed by atoms with Crippen molar-refractivity contribution in [2.75, 3.05) is 46.5 Å². The van der Waals surface area contributed by atoms with Gasteiger partial charge in [-0.2, -0.15) is 4.31 Å². The zero-order valence-corrected chi connectivity index (χ0v) is 15.6. The summed E-state index contributed by atoms with van der Waals surface area (Å²) in [6, 6.07) is 4.48. The second kappa shape index (κ2) is 7.91. The minimum Gasteiger partial charge on any atom is -0.495 e. The number of benzene rings is 1. The quantitative estimate of drug-likeness (QED) is 0.803. The second-order valence-electron chi connectivity index (χ2n) is 6.41. The van der Waals surface area contributed by atoms with Crippen LogP contribution in [0.2, 0.25) is 0 Å². The molecule has 1 N–H and O–H groups in total. The number of carbonyl (C=O) groups is 1. The van der Waals surface area contributed by atoms with E-state index in [2.05, 4.69) is 0 Å². The Morgan fingerprint density at radius 1 is 1.19 bits per heavy atom. The molecule has 2 saturated heterocycles. The smallest absolute Gasteiger partial charge is 0.254 e. The fourth-order valence-electron chi connectivity index (χ4n) is 3.18. The Labute approximate surface area is 153 Å². The third kappa shape index (κ3) is 3.85. The number of hydrogen-bond acceptors (Lipinski definition) is 6. The van der Waals surface area contributed by atoms with Crippen LogP contribution in [0, 0.1) is 0 Å². The van der Waals surface area contributed by atoms with Crippen LogP contribution in [0.3, 0.4) is 0 Å². The first-order valence-corrected chi connectivity index (χ1v) is 10.1. The minimum atomic E-state index is -3.81. The molecule has 2 aliphatic heterocycles. The van der Waals surface area contributed by atoms with E-state index in [1.54, 1.807) is 11.0 Å². The van der Waals surface area contributed by atoms with Gasteiger partial charge in [0.1, 0.15) is 10.6 Å². The van der Waals surface area contributed by atoms with Gasteiger partial charge < -0.3 is 19.5 Å². The van der Waals surface area contributed by atoms with Crippen LogP contribution in [0.25, 0.3) is 0 Å². The standard InChI is InChI=1S/C17H24N2O6S/c1-24-15-3-2-13(17(21)18-8-10-25-11-9-18)12-16(15)26(22,23)19-6-4-14(20)5-7-19/h2-3,12,14,20H,4-11H2,1H3. The Balaban J connectivity index is 1.91. The maximum absolute atomic E-state index is 13.0. The zero-order chi connectivity index (χ0) is 18.7. The third-order valence-corrected chi connectivity index (χ3v) is 6.67. The van der Waals surface area contributed by atoms with Crippen LogP contribution in [0.5, 0.6) is 5.75 Å². The largest absolute Gasteiger partial charge is 0.495 e. The van der Waals surface area contributed by atoms with Gasteiger partial charge in [0.25, 0.3) is 5.91 Å². The highest BCUT2D eigenvalue weighted by molar-refractivity contribution is 7.89. The van der Waals surface area contributed by atoms with Crippen LogP contribution in [0.15, 0.2) is 23.1 Å². The molecule has 144 valence electrons. The molecule has 3 rings (SSSR count). The van der Waals surface area contributed by atoms with Crippen molar-refractivity contribution in [1.29, 1.82) is 0 Å². The van der Waals surface area contributed by atoms with E-state index >= 15 is 0 Å². The number of morpholine rings is 1. The Hall–Kier alpha value is -1.68. The molecule has 1 aromatic carbocycles. The highest BCUT2D eigenvalue weighted by Crippen LogP contribution is 2.30. The number of nitrogens with zero attached hydrogens (tertiary/aromatic N) is 2. The Morgan fingerprint density at radius 2 is 1.85 bits per heavy atom. The summed E-state index contributed by atoms with van der Waals surface area (Å²) in [5, 5.41) is 9.62. The van der Waals surface area contributed by atoms with Gasteiger partial charge in [-0.05, 0) is 31.0 Å². The maximum atomic E-state index is 13.0. The number of piperidine rings is 1. The average Bonchev–Trinajstić information content (AvgIpc) is 2.68. The molecule has 0 unspecified atom stereocenters. The van der Waals surface area contributed by atoms with E-state index in [4.69, 9.17) is 9.47 Å². The van der Waals surface area contributed by atoms with E-state index in [1.807, 2.05) is 0 Å². The second-order valence-corrected chi connectivity index (χ2v) is 8.31. The molecular formula is C17H24N2O6S. The maximum Gasteiger partial charge on any atom is 0.254 e. The van der Waals surface area contributed by atoms with E-state index in [0.29, 0.717) is 44.7 Å². The van der Waals surface area contributed by atoms with Crippen molar-refractivity contribution < 1.29 is 27.8 Å². The van der Waals surface area contributed by atoms with Crippen molar-refractivity contribution in [2.45, 2.75) is 23.8 Å². The summed E-state index contributed by atoms with van der Waals surface area (Å²) in [5.41, 5.74) is 0.309. The first kappa shape index (κ1) is 19.1. The molecule has 0 aliphatic carbocycles. The first-order valence-electron chi connectivity index (χ1n) is 8.67. The van der Waals surface area contributed by atoms with E-state index in [9.17, 15) is 18.3 Å². The first-order chi connectivity index (χ1) is 12.4. The van der Waals surface area contributed by atoms with Crippen molar-refractivity contribution in [1.82, 2.24) is 9.21 Å². The molecule has 9 heteroatoms. The number of aliphatic hydroxyl groups is 1. The van der Waals surface area contributed by atoms with Gasteiger partial charge in [-0.15, -0.1) is 0 Å². The Morgan fingerprint density at radius 3 is 2.46 bits per heavy atom. The molecule has 0 aromatic heterocycles. The number of methoxy groups -OCH3 is 1. The lowest BCUT2D eigenvalue weighted by atomic mass is 10.1. The average molecular weight is 384 g/mol. The van der Waals surface area contributed by atoms with Crippen molar-refractivity contribution >= 4 is 15.9 Å². The molecule has 0 saturated carbocycles. The number of sulfonamides is 1. The van der Waals surface area contributed by atoms with Crippen LogP contribution in [0.4, 0.5) is 0 Å². The lowest BCUT2D eigenvalue weighted by molar-refractivity contribution is 0.0302. The highest BCUT2D eigenvalue weighted by atomic mass is 32.2. The third-order valence-electron chi connectivity index (χ3n) is 4.75. The van der Waals surface area contributed by atoms with Crippen molar-refractivity contribution in [2.24, 2.45) is 0 Å². The summed E-state index contributed by atoms with van der Waals surface area (Å²) in [5.74, 6) is -0.0175. The summed E-state index contributed by atoms with van der Waals surface area (Å²) >= 11 is 0. The summed E-state index contributed by atoms with van der Waals surface area (Å²) in [4.78, 5) is 14.3. The number of rotatable bonds is 4. The summed E-state index contributed by atoms with van der Waals surface area (Å²) in [6.45, 7) is 2.41. The molecule has 0 bridgehead atoms. The molecule has 0 radical (unpaired) electrons. The van der Waals surface area contributed by atoms with Gasteiger partial charge in [0.15, 0.2) is 0 Å². The van der Waals surface area contributed by atoms with Crippen molar-refractivity contribution in [3.8, 4) is 5.75 Å². The van der Waals surface area contributed by atoms with Crippen LogP contribution in [0.1, 0.15) is 23.2 Å². The van der Waals surface area contributed by atoms with Gasteiger partial charge in [-0.3, -0.25) is 4.79 Å². The summed E-state index contributed by atoms with van der Waals surface area (Å²) in [7, 11) is -2.41. The molecule has 2 aliphatic rings. The Bertz CT molecular complexity index is 753. The molecule has 0 spiro atoms. The lowest BCUT2D eigenvalue weighted by Gasteiger charge is -2.30. The van der Waals surface area contributed by atoms with E-state index < -0.39 is 16.1 Å². The van der Waals surface area contributed by atoms with E-state index in [1.165, 1.54) is 23.5 Å². The topological polar surface area (TPSA) is 96.4 Å². The minimum absolute atomic E-state index is 0.0181. The molecule has 2 fully saturated rings. The van der Waals surface area contributed by atoms with Gasteiger partial charge >= 0.3 is 0 Å². The van der Waals surface area contributed by atoms with Gasteiger partial charge in [0, 0.05) is 31.7 Å². The predicted molar refractivity (Wildman–Crippen MR) is 93.7 cm³/mol. The van der Waals surface area contributed by atoms with Crippen LogP contribution >= 0.6 is 0 Å². The number of carbonyl (C=O) groups excluding carboxylic acids is 1. The van der Waals surface area contributed by atoms with Crippen LogP contribution in [-0.4, -0.2) is 81.2 Å². The molecular weight excluding hydrogens is 360 g/mol. The fraction of sp³-hybridized carbons (Fsp3) is 0.588. The Kier molecular flexibility index (Phi) is 5.81. The number of amides is 1. The highest BCUT2D eigenvalue weighted by Gasteiger charge is 2.32. The van der Waals surface area contributed by atoms with Gasteiger partial charge in [-0.25, -0.2) is 8.42 Å². The molecule has 26 heavy (non-hydrogen) atoms. The van der Waals surface area contributed by atoms with Crippen molar-refractivity contribution in [3.63, 3.8) is 0 Å². The van der Waals surface area contributed by atoms with Crippen LogP contribution in [-0.2, 0) is 14.8 Å². The molecule has 8 nitrogen and oxygen atoms in total. The molecule has 0 atom stereocenters. The van der Waals surface area contributed by atoms with Gasteiger partial charge in [0.05, 0.1) is 26.4 Å². The number of ether oxygens (including phenoxy) is 2. The lowest BCUT2D eigenvalue weighted by Crippen LogP contribution is -2.41. The van der Waals surface area contributed by atoms with E-state index in [0.717, 1.165) is 0 Å². The number of hydrogen-bond donors (Lipinski definition) is 1. The van der Waals surface area contributed by atoms with E-state index in [-0.39, 0.29) is 29.6 Å². The zero-order valence-electron chi connectivity index (χ0n) is 14.8. The van der Waals surface area contributed by atoms with Gasteiger partial charge in [0.2, 0.25) is 10.0 Å².